The number of rotatable bonds is 2. The van der Waals surface area contributed by atoms with Crippen molar-refractivity contribution < 1.29 is 13.2 Å². The van der Waals surface area contributed by atoms with Gasteiger partial charge in [0.15, 0.2) is 0 Å². The van der Waals surface area contributed by atoms with Crippen molar-refractivity contribution in [1.29, 1.82) is 0 Å². The molecule has 0 radical (unpaired) electrons. The Balaban J connectivity index is 2.13. The van der Waals surface area contributed by atoms with Crippen molar-refractivity contribution in [2.45, 2.75) is 19.0 Å². The highest BCUT2D eigenvalue weighted by atomic mass is 19.4. The summed E-state index contributed by atoms with van der Waals surface area (Å²) in [7, 11) is 0. The third-order valence-corrected chi connectivity index (χ3v) is 2.98. The number of nitrogens with two attached hydrogens (primary N) is 1. The molecule has 0 saturated carbocycles. The molecule has 2 rings (SSSR count). The highest BCUT2D eigenvalue weighted by Gasteiger charge is 2.42. The predicted octanol–water partition coefficient (Wildman–Crippen LogP) is 1.54. The molecule has 1 aliphatic heterocycles. The Bertz CT molecular complexity index is 409. The van der Waals surface area contributed by atoms with Crippen LogP contribution >= 0.6 is 0 Å². The van der Waals surface area contributed by atoms with Crippen LogP contribution in [0, 0.1) is 5.92 Å². The Labute approximate surface area is 102 Å². The van der Waals surface area contributed by atoms with Crippen molar-refractivity contribution in [2.24, 2.45) is 11.8 Å². The Kier molecular flexibility index (Phi) is 3.55. The lowest BCUT2D eigenvalue weighted by Crippen LogP contribution is -2.42. The molecule has 100 valence electrons. The lowest BCUT2D eigenvalue weighted by atomic mass is 9.97. The first-order chi connectivity index (χ1) is 8.50. The van der Waals surface area contributed by atoms with E-state index in [0.717, 1.165) is 0 Å². The monoisotopic (exact) mass is 261 g/mol. The number of hydrogen-bond acceptors (Lipinski definition) is 5. The maximum absolute atomic E-state index is 12.7. The molecule has 0 amide bonds. The minimum absolute atomic E-state index is 0.0650. The molecule has 1 aromatic heterocycles. The third kappa shape index (κ3) is 2.81. The Hall–Kier alpha value is -1.57. The van der Waals surface area contributed by atoms with Gasteiger partial charge in [0.25, 0.3) is 0 Å². The fraction of sp³-hybridized carbons (Fsp3) is 0.600. The van der Waals surface area contributed by atoms with E-state index in [4.69, 9.17) is 5.84 Å². The SMILES string of the molecule is NNc1nccc(N2CCCC(C(F)(F)F)C2)n1. The summed E-state index contributed by atoms with van der Waals surface area (Å²) in [5, 5.41) is 0. The summed E-state index contributed by atoms with van der Waals surface area (Å²) in [4.78, 5) is 9.48. The smallest absolute Gasteiger partial charge is 0.356 e. The van der Waals surface area contributed by atoms with Crippen molar-refractivity contribution in [3.05, 3.63) is 12.3 Å². The number of anilines is 2. The fourth-order valence-electron chi connectivity index (χ4n) is 2.05. The number of alkyl halides is 3. The van der Waals surface area contributed by atoms with E-state index in [0.29, 0.717) is 18.8 Å². The van der Waals surface area contributed by atoms with Crippen LogP contribution in [0.2, 0.25) is 0 Å². The van der Waals surface area contributed by atoms with E-state index in [-0.39, 0.29) is 18.9 Å². The van der Waals surface area contributed by atoms with Gasteiger partial charge in [0, 0.05) is 19.3 Å². The molecule has 1 aromatic rings. The highest BCUT2D eigenvalue weighted by Crippen LogP contribution is 2.34. The number of aromatic nitrogens is 2. The maximum Gasteiger partial charge on any atom is 0.393 e. The summed E-state index contributed by atoms with van der Waals surface area (Å²) >= 11 is 0. The third-order valence-electron chi connectivity index (χ3n) is 2.98. The van der Waals surface area contributed by atoms with Gasteiger partial charge in [-0.25, -0.2) is 10.8 Å². The lowest BCUT2D eigenvalue weighted by Gasteiger charge is -2.34. The number of nitrogens with one attached hydrogen (secondary N) is 1. The quantitative estimate of drug-likeness (QED) is 0.624. The molecule has 0 aliphatic carbocycles. The largest absolute Gasteiger partial charge is 0.393 e. The van der Waals surface area contributed by atoms with E-state index in [2.05, 4.69) is 15.4 Å². The summed E-state index contributed by atoms with van der Waals surface area (Å²) in [5.74, 6) is 4.54. The van der Waals surface area contributed by atoms with Gasteiger partial charge < -0.3 is 4.90 Å². The number of nitrogen functional groups attached to an aromatic ring is 1. The van der Waals surface area contributed by atoms with Gasteiger partial charge in [0.1, 0.15) is 5.82 Å². The van der Waals surface area contributed by atoms with Crippen LogP contribution in [0.4, 0.5) is 24.9 Å². The van der Waals surface area contributed by atoms with E-state index in [1.54, 1.807) is 11.0 Å². The van der Waals surface area contributed by atoms with Crippen molar-refractivity contribution >= 4 is 11.8 Å². The standard InChI is InChI=1S/C10H14F3N5/c11-10(12,13)7-2-1-5-18(6-7)8-3-4-15-9(16-8)17-14/h3-4,7H,1-2,5-6,14H2,(H,15,16,17). The average Bonchev–Trinajstić information content (AvgIpc) is 2.38. The Morgan fingerprint density at radius 3 is 2.89 bits per heavy atom. The first-order valence-corrected chi connectivity index (χ1v) is 5.62. The molecule has 1 aliphatic rings. The topological polar surface area (TPSA) is 67.1 Å². The minimum atomic E-state index is -4.15. The molecule has 0 aromatic carbocycles. The molecule has 1 fully saturated rings. The molecule has 0 bridgehead atoms. The summed E-state index contributed by atoms with van der Waals surface area (Å²) < 4.78 is 38.1. The van der Waals surface area contributed by atoms with Crippen LogP contribution in [0.1, 0.15) is 12.8 Å². The van der Waals surface area contributed by atoms with Crippen molar-refractivity contribution in [2.75, 3.05) is 23.4 Å². The minimum Gasteiger partial charge on any atom is -0.356 e. The fourth-order valence-corrected chi connectivity index (χ4v) is 2.05. The zero-order chi connectivity index (χ0) is 13.2. The Morgan fingerprint density at radius 1 is 1.44 bits per heavy atom. The molecule has 18 heavy (non-hydrogen) atoms. The maximum atomic E-state index is 12.7. The lowest BCUT2D eigenvalue weighted by molar-refractivity contribution is -0.176. The second-order valence-electron chi connectivity index (χ2n) is 4.21. The van der Waals surface area contributed by atoms with E-state index in [9.17, 15) is 13.2 Å². The number of halogens is 3. The van der Waals surface area contributed by atoms with Crippen LogP contribution in [0.5, 0.6) is 0 Å². The van der Waals surface area contributed by atoms with Crippen molar-refractivity contribution in [1.82, 2.24) is 9.97 Å². The van der Waals surface area contributed by atoms with Gasteiger partial charge in [-0.2, -0.15) is 18.2 Å². The molecule has 5 nitrogen and oxygen atoms in total. The molecular formula is C10H14F3N5. The first kappa shape index (κ1) is 12.9. The van der Waals surface area contributed by atoms with Gasteiger partial charge in [-0.1, -0.05) is 0 Å². The average molecular weight is 261 g/mol. The molecule has 1 saturated heterocycles. The normalized spacial score (nSPS) is 20.9. The van der Waals surface area contributed by atoms with Crippen LogP contribution in [-0.4, -0.2) is 29.2 Å². The zero-order valence-electron chi connectivity index (χ0n) is 9.61. The van der Waals surface area contributed by atoms with Gasteiger partial charge in [-0.3, -0.25) is 5.43 Å². The molecule has 1 atom stereocenters. The first-order valence-electron chi connectivity index (χ1n) is 5.62. The summed E-state index contributed by atoms with van der Waals surface area (Å²) in [5.41, 5.74) is 2.28. The van der Waals surface area contributed by atoms with E-state index < -0.39 is 12.1 Å². The molecule has 3 N–H and O–H groups in total. The number of piperidine rings is 1. The van der Waals surface area contributed by atoms with Gasteiger partial charge in [-0.15, -0.1) is 0 Å². The van der Waals surface area contributed by atoms with E-state index in [1.165, 1.54) is 6.20 Å². The van der Waals surface area contributed by atoms with Crippen LogP contribution in [0.25, 0.3) is 0 Å². The molecule has 2 heterocycles. The summed E-state index contributed by atoms with van der Waals surface area (Å²) in [6.07, 6.45) is -2.01. The highest BCUT2D eigenvalue weighted by molar-refractivity contribution is 5.42. The van der Waals surface area contributed by atoms with Crippen molar-refractivity contribution in [3.8, 4) is 0 Å². The van der Waals surface area contributed by atoms with Gasteiger partial charge in [0.2, 0.25) is 5.95 Å². The van der Waals surface area contributed by atoms with Crippen LogP contribution in [-0.2, 0) is 0 Å². The summed E-state index contributed by atoms with van der Waals surface area (Å²) in [6.45, 7) is 0.498. The van der Waals surface area contributed by atoms with Gasteiger partial charge in [-0.05, 0) is 18.9 Å². The van der Waals surface area contributed by atoms with Crippen LogP contribution < -0.4 is 16.2 Å². The number of hydrazine groups is 1. The second kappa shape index (κ2) is 4.97. The van der Waals surface area contributed by atoms with Crippen LogP contribution in [0.15, 0.2) is 12.3 Å². The van der Waals surface area contributed by atoms with E-state index in [1.807, 2.05) is 0 Å². The van der Waals surface area contributed by atoms with Crippen molar-refractivity contribution in [3.63, 3.8) is 0 Å². The number of nitrogens with zero attached hydrogens (tertiary/aromatic N) is 3. The molecule has 8 heteroatoms. The molecular weight excluding hydrogens is 247 g/mol. The molecule has 1 unspecified atom stereocenters. The van der Waals surface area contributed by atoms with E-state index >= 15 is 0 Å². The predicted molar refractivity (Wildman–Crippen MR) is 60.8 cm³/mol. The number of hydrogen-bond donors (Lipinski definition) is 2. The summed E-state index contributed by atoms with van der Waals surface area (Å²) in [6, 6.07) is 1.58. The van der Waals surface area contributed by atoms with Gasteiger partial charge >= 0.3 is 6.18 Å². The zero-order valence-corrected chi connectivity index (χ0v) is 9.61. The van der Waals surface area contributed by atoms with Crippen LogP contribution in [0.3, 0.4) is 0 Å². The van der Waals surface area contributed by atoms with Gasteiger partial charge in [0.05, 0.1) is 5.92 Å². The second-order valence-corrected chi connectivity index (χ2v) is 4.21. The molecule has 0 spiro atoms. The Morgan fingerprint density at radius 2 is 2.22 bits per heavy atom.